The van der Waals surface area contributed by atoms with Gasteiger partial charge in [0.1, 0.15) is 5.82 Å². The van der Waals surface area contributed by atoms with Gasteiger partial charge < -0.3 is 10.2 Å². The van der Waals surface area contributed by atoms with Gasteiger partial charge in [0.2, 0.25) is 5.91 Å². The van der Waals surface area contributed by atoms with Crippen LogP contribution in [0.2, 0.25) is 0 Å². The molecule has 0 radical (unpaired) electrons. The number of nitrogens with one attached hydrogen (secondary N) is 2. The molecule has 7 heteroatoms. The molecule has 0 saturated heterocycles. The maximum atomic E-state index is 12.7. The largest absolute Gasteiger partial charge is 0.311 e. The first-order chi connectivity index (χ1) is 13.7. The number of hydrogen-bond donors (Lipinski definition) is 2. The molecule has 1 amide bonds. The van der Waals surface area contributed by atoms with Crippen LogP contribution in [0, 0.1) is 6.92 Å². The standard InChI is InChI=1S/C21H24N6O/c1-15-6-7-18-16(12-15)5-3-11-27(18)20(28)14-23-10-8-19-24-21(26-25-19)17-4-2-9-22-13-17/h2,4,6-7,9,12-13,23H,3,5,8,10-11,14H2,1H3,(H,24,25,26). The molecule has 2 aromatic heterocycles. The molecule has 3 heterocycles. The van der Waals surface area contributed by atoms with E-state index in [1.165, 1.54) is 11.1 Å². The van der Waals surface area contributed by atoms with Gasteiger partial charge in [0.15, 0.2) is 5.82 Å². The molecule has 0 spiro atoms. The molecule has 0 unspecified atom stereocenters. The number of anilines is 1. The predicted octanol–water partition coefficient (Wildman–Crippen LogP) is 2.29. The Labute approximate surface area is 164 Å². The molecular formula is C21H24N6O. The maximum Gasteiger partial charge on any atom is 0.240 e. The lowest BCUT2D eigenvalue weighted by Gasteiger charge is -2.30. The fourth-order valence-corrected chi connectivity index (χ4v) is 3.51. The minimum Gasteiger partial charge on any atom is -0.311 e. The van der Waals surface area contributed by atoms with Gasteiger partial charge in [-0.05, 0) is 43.5 Å². The van der Waals surface area contributed by atoms with Crippen molar-refractivity contribution in [3.05, 3.63) is 59.7 Å². The Morgan fingerprint density at radius 2 is 2.25 bits per heavy atom. The lowest BCUT2D eigenvalue weighted by Crippen LogP contribution is -2.41. The Kier molecular flexibility index (Phi) is 5.43. The third-order valence-electron chi connectivity index (χ3n) is 4.92. The zero-order valence-corrected chi connectivity index (χ0v) is 16.0. The molecule has 144 valence electrons. The number of aromatic amines is 1. The van der Waals surface area contributed by atoms with E-state index in [0.717, 1.165) is 36.5 Å². The summed E-state index contributed by atoms with van der Waals surface area (Å²) in [7, 11) is 0. The number of H-pyrrole nitrogens is 1. The summed E-state index contributed by atoms with van der Waals surface area (Å²) in [5.41, 5.74) is 4.44. The summed E-state index contributed by atoms with van der Waals surface area (Å²) in [6.07, 6.45) is 6.19. The van der Waals surface area contributed by atoms with Crippen molar-refractivity contribution in [2.24, 2.45) is 0 Å². The van der Waals surface area contributed by atoms with Crippen LogP contribution in [0.5, 0.6) is 0 Å². The second kappa shape index (κ2) is 8.31. The van der Waals surface area contributed by atoms with E-state index in [1.54, 1.807) is 12.4 Å². The average molecular weight is 376 g/mol. The van der Waals surface area contributed by atoms with E-state index in [0.29, 0.717) is 25.3 Å². The van der Waals surface area contributed by atoms with Crippen molar-refractivity contribution in [2.45, 2.75) is 26.2 Å². The summed E-state index contributed by atoms with van der Waals surface area (Å²) < 4.78 is 0. The van der Waals surface area contributed by atoms with Gasteiger partial charge in [-0.2, -0.15) is 5.10 Å². The highest BCUT2D eigenvalue weighted by atomic mass is 16.2. The van der Waals surface area contributed by atoms with Crippen LogP contribution in [0.3, 0.4) is 0 Å². The SMILES string of the molecule is Cc1ccc2c(c1)CCCN2C(=O)CNCCc1nc(-c2cccnc2)n[nH]1. The number of carbonyl (C=O) groups excluding carboxylic acids is 1. The van der Waals surface area contributed by atoms with Crippen molar-refractivity contribution in [3.8, 4) is 11.4 Å². The lowest BCUT2D eigenvalue weighted by atomic mass is 9.99. The fraction of sp³-hybridized carbons (Fsp3) is 0.333. The minimum atomic E-state index is 0.110. The number of fused-ring (bicyclic) bond motifs is 1. The summed E-state index contributed by atoms with van der Waals surface area (Å²) >= 11 is 0. The molecule has 0 aliphatic carbocycles. The normalized spacial score (nSPS) is 13.4. The number of hydrogen-bond acceptors (Lipinski definition) is 5. The van der Waals surface area contributed by atoms with Crippen LogP contribution in [0.4, 0.5) is 5.69 Å². The van der Waals surface area contributed by atoms with Gasteiger partial charge in [0, 0.05) is 43.2 Å². The Morgan fingerprint density at radius 1 is 1.32 bits per heavy atom. The number of aromatic nitrogens is 4. The van der Waals surface area contributed by atoms with E-state index >= 15 is 0 Å². The molecule has 3 aromatic rings. The highest BCUT2D eigenvalue weighted by Gasteiger charge is 2.22. The fourth-order valence-electron chi connectivity index (χ4n) is 3.51. The molecule has 2 N–H and O–H groups in total. The van der Waals surface area contributed by atoms with E-state index in [4.69, 9.17) is 0 Å². The summed E-state index contributed by atoms with van der Waals surface area (Å²) in [5, 5.41) is 10.4. The van der Waals surface area contributed by atoms with Crippen molar-refractivity contribution < 1.29 is 4.79 Å². The zero-order chi connectivity index (χ0) is 19.3. The first kappa shape index (κ1) is 18.3. The molecule has 0 saturated carbocycles. The van der Waals surface area contributed by atoms with Crippen LogP contribution in [0.15, 0.2) is 42.7 Å². The molecule has 4 rings (SSSR count). The van der Waals surface area contributed by atoms with Crippen LogP contribution in [-0.2, 0) is 17.6 Å². The van der Waals surface area contributed by atoms with Gasteiger partial charge in [-0.1, -0.05) is 17.7 Å². The number of nitrogens with zero attached hydrogens (tertiary/aromatic N) is 4. The molecular weight excluding hydrogens is 352 g/mol. The van der Waals surface area contributed by atoms with E-state index < -0.39 is 0 Å². The molecule has 1 aliphatic rings. The van der Waals surface area contributed by atoms with Gasteiger partial charge in [-0.15, -0.1) is 0 Å². The first-order valence-corrected chi connectivity index (χ1v) is 9.63. The number of benzene rings is 1. The summed E-state index contributed by atoms with van der Waals surface area (Å²) in [4.78, 5) is 23.1. The van der Waals surface area contributed by atoms with Crippen LogP contribution in [0.1, 0.15) is 23.4 Å². The van der Waals surface area contributed by atoms with Crippen molar-refractivity contribution in [1.82, 2.24) is 25.5 Å². The van der Waals surface area contributed by atoms with E-state index in [2.05, 4.69) is 50.6 Å². The maximum absolute atomic E-state index is 12.7. The highest BCUT2D eigenvalue weighted by Crippen LogP contribution is 2.27. The van der Waals surface area contributed by atoms with Crippen LogP contribution < -0.4 is 10.2 Å². The average Bonchev–Trinajstić information content (AvgIpc) is 3.20. The summed E-state index contributed by atoms with van der Waals surface area (Å²) in [6, 6.07) is 10.1. The topological polar surface area (TPSA) is 86.8 Å². The number of amides is 1. The number of aryl methyl sites for hydroxylation is 2. The summed E-state index contributed by atoms with van der Waals surface area (Å²) in [6.45, 7) is 3.85. The van der Waals surface area contributed by atoms with Crippen LogP contribution >= 0.6 is 0 Å². The smallest absolute Gasteiger partial charge is 0.240 e. The van der Waals surface area contributed by atoms with Crippen molar-refractivity contribution in [2.75, 3.05) is 24.5 Å². The second-order valence-electron chi connectivity index (χ2n) is 7.06. The predicted molar refractivity (Wildman–Crippen MR) is 108 cm³/mol. The molecule has 28 heavy (non-hydrogen) atoms. The first-order valence-electron chi connectivity index (χ1n) is 9.63. The molecule has 0 atom stereocenters. The van der Waals surface area contributed by atoms with Gasteiger partial charge in [-0.3, -0.25) is 14.9 Å². The highest BCUT2D eigenvalue weighted by molar-refractivity contribution is 5.96. The minimum absolute atomic E-state index is 0.110. The Bertz CT molecular complexity index is 953. The van der Waals surface area contributed by atoms with Gasteiger partial charge in [-0.25, -0.2) is 4.98 Å². The number of rotatable bonds is 6. The third kappa shape index (κ3) is 4.09. The van der Waals surface area contributed by atoms with Gasteiger partial charge in [0.05, 0.1) is 6.54 Å². The second-order valence-corrected chi connectivity index (χ2v) is 7.06. The van der Waals surface area contributed by atoms with Crippen molar-refractivity contribution in [3.63, 3.8) is 0 Å². The van der Waals surface area contributed by atoms with E-state index in [1.807, 2.05) is 17.0 Å². The molecule has 7 nitrogen and oxygen atoms in total. The quantitative estimate of drug-likeness (QED) is 0.645. The van der Waals surface area contributed by atoms with Gasteiger partial charge >= 0.3 is 0 Å². The molecule has 0 bridgehead atoms. The molecule has 0 fully saturated rings. The lowest BCUT2D eigenvalue weighted by molar-refractivity contribution is -0.117. The zero-order valence-electron chi connectivity index (χ0n) is 16.0. The monoisotopic (exact) mass is 376 g/mol. The number of pyridine rings is 1. The Hall–Kier alpha value is -3.06. The Morgan fingerprint density at radius 3 is 3.11 bits per heavy atom. The Balaban J connectivity index is 1.28. The number of carbonyl (C=O) groups is 1. The van der Waals surface area contributed by atoms with Crippen LogP contribution in [-0.4, -0.2) is 45.7 Å². The van der Waals surface area contributed by atoms with Crippen LogP contribution in [0.25, 0.3) is 11.4 Å². The molecule has 1 aliphatic heterocycles. The third-order valence-corrected chi connectivity index (χ3v) is 4.92. The van der Waals surface area contributed by atoms with Crippen molar-refractivity contribution in [1.29, 1.82) is 0 Å². The van der Waals surface area contributed by atoms with E-state index in [-0.39, 0.29) is 5.91 Å². The molecule has 1 aromatic carbocycles. The summed E-state index contributed by atoms with van der Waals surface area (Å²) in [5.74, 6) is 1.54. The van der Waals surface area contributed by atoms with E-state index in [9.17, 15) is 4.79 Å². The van der Waals surface area contributed by atoms with Crippen molar-refractivity contribution >= 4 is 11.6 Å². The van der Waals surface area contributed by atoms with Gasteiger partial charge in [0.25, 0.3) is 0 Å².